The van der Waals surface area contributed by atoms with Crippen LogP contribution in [0.3, 0.4) is 0 Å². The molecule has 278 valence electrons. The maximum absolute atomic E-state index is 14.4. The number of halogens is 1. The molecule has 0 unspecified atom stereocenters. The van der Waals surface area contributed by atoms with E-state index in [9.17, 15) is 27.6 Å². The minimum Gasteiger partial charge on any atom is -0.494 e. The second-order valence-electron chi connectivity index (χ2n) is 15.4. The van der Waals surface area contributed by atoms with Crippen LogP contribution in [-0.4, -0.2) is 90.3 Å². The van der Waals surface area contributed by atoms with Crippen molar-refractivity contribution in [3.63, 3.8) is 0 Å². The third-order valence-corrected chi connectivity index (χ3v) is 11.2. The fourth-order valence-electron chi connectivity index (χ4n) is 6.21. The lowest BCUT2D eigenvalue weighted by molar-refractivity contribution is -0.143. The molecule has 14 nitrogen and oxygen atoms in total. The molecule has 2 saturated carbocycles. The van der Waals surface area contributed by atoms with Gasteiger partial charge in [0.25, 0.3) is 5.91 Å². The van der Waals surface area contributed by atoms with Crippen molar-refractivity contribution in [3.05, 3.63) is 42.1 Å². The Morgan fingerprint density at radius 2 is 1.80 bits per heavy atom. The molecule has 1 aromatic carbocycles. The number of methoxy groups -OCH3 is 1. The Morgan fingerprint density at radius 3 is 2.37 bits per heavy atom. The van der Waals surface area contributed by atoms with E-state index in [1.54, 1.807) is 59.7 Å². The number of benzene rings is 1. The number of hydrogen-bond donors (Lipinski definition) is 3. The summed E-state index contributed by atoms with van der Waals surface area (Å²) in [4.78, 5) is 60.8. The van der Waals surface area contributed by atoms with Gasteiger partial charge in [0.15, 0.2) is 0 Å². The molecule has 2 aromatic rings. The molecule has 3 N–H and O–H groups in total. The second-order valence-corrected chi connectivity index (χ2v) is 17.8. The van der Waals surface area contributed by atoms with E-state index in [4.69, 9.17) is 25.8 Å². The molecule has 4 amide bonds. The highest BCUT2D eigenvalue weighted by Gasteiger charge is 2.62. The Kier molecular flexibility index (Phi) is 10.3. The van der Waals surface area contributed by atoms with Crippen LogP contribution in [0.4, 0.5) is 4.79 Å². The van der Waals surface area contributed by atoms with Gasteiger partial charge in [0.05, 0.1) is 25.1 Å². The molecule has 0 spiro atoms. The number of rotatable bonds is 11. The van der Waals surface area contributed by atoms with E-state index in [1.807, 2.05) is 0 Å². The van der Waals surface area contributed by atoms with E-state index in [0.29, 0.717) is 34.4 Å². The summed E-state index contributed by atoms with van der Waals surface area (Å²) >= 11 is 6.32. The summed E-state index contributed by atoms with van der Waals surface area (Å²) in [6.07, 6.45) is 2.40. The Balaban J connectivity index is 1.46. The first-order valence-electron chi connectivity index (χ1n) is 16.8. The molecule has 1 aromatic heterocycles. The molecule has 1 aliphatic heterocycles. The van der Waals surface area contributed by atoms with Crippen molar-refractivity contribution in [2.45, 2.75) is 102 Å². The summed E-state index contributed by atoms with van der Waals surface area (Å²) in [6.45, 7) is 14.1. The number of fused-ring (bicyclic) bond motifs is 1. The second kappa shape index (κ2) is 13.8. The van der Waals surface area contributed by atoms with E-state index in [2.05, 4.69) is 26.9 Å². The van der Waals surface area contributed by atoms with Gasteiger partial charge in [-0.25, -0.2) is 18.2 Å². The first-order valence-corrected chi connectivity index (χ1v) is 18.7. The van der Waals surface area contributed by atoms with Gasteiger partial charge in [-0.05, 0) is 63.6 Å². The molecular weight excluding hydrogens is 702 g/mol. The van der Waals surface area contributed by atoms with Crippen molar-refractivity contribution < 1.29 is 41.8 Å². The maximum atomic E-state index is 14.4. The lowest BCUT2D eigenvalue weighted by Crippen LogP contribution is -2.60. The number of hydrogen-bond acceptors (Lipinski definition) is 10. The summed E-state index contributed by atoms with van der Waals surface area (Å²) < 4.78 is 44.7. The summed E-state index contributed by atoms with van der Waals surface area (Å²) in [7, 11) is -2.40. The molecular formula is C35H46ClN5O9S. The van der Waals surface area contributed by atoms with E-state index in [1.165, 1.54) is 24.3 Å². The molecule has 16 heteroatoms. The molecule has 0 radical (unpaired) electrons. The number of aromatic nitrogens is 1. The fraction of sp³-hybridized carbons (Fsp3) is 0.571. The SMILES string of the molecule is C=C[C@@H]1C[C@]1(NC(=O)[C@@H]1C[C@@H](Oc2ncc(OC)c3ccc(Cl)cc23)CN1C(=O)[C@H](NC(=O)OC(C)(C)C)C(C)(C)C)C(=O)NS(=O)(=O)C1CC1. The van der Waals surface area contributed by atoms with Gasteiger partial charge in [-0.3, -0.25) is 19.1 Å². The fourth-order valence-corrected chi connectivity index (χ4v) is 7.75. The molecule has 2 heterocycles. The Morgan fingerprint density at radius 1 is 1.12 bits per heavy atom. The third-order valence-electron chi connectivity index (χ3n) is 9.15. The van der Waals surface area contributed by atoms with Crippen LogP contribution in [0.25, 0.3) is 10.8 Å². The topological polar surface area (TPSA) is 182 Å². The predicted molar refractivity (Wildman–Crippen MR) is 190 cm³/mol. The van der Waals surface area contributed by atoms with Gasteiger partial charge in [-0.15, -0.1) is 6.58 Å². The number of carbonyl (C=O) groups is 4. The van der Waals surface area contributed by atoms with Gasteiger partial charge in [-0.1, -0.05) is 38.4 Å². The summed E-state index contributed by atoms with van der Waals surface area (Å²) in [5.41, 5.74) is -3.24. The average molecular weight is 748 g/mol. The number of ether oxygens (including phenoxy) is 3. The van der Waals surface area contributed by atoms with E-state index >= 15 is 0 Å². The van der Waals surface area contributed by atoms with Crippen LogP contribution < -0.4 is 24.8 Å². The highest BCUT2D eigenvalue weighted by molar-refractivity contribution is 7.91. The van der Waals surface area contributed by atoms with Crippen molar-refractivity contribution in [1.29, 1.82) is 0 Å². The van der Waals surface area contributed by atoms with Crippen LogP contribution in [0, 0.1) is 11.3 Å². The zero-order chi connectivity index (χ0) is 37.7. The van der Waals surface area contributed by atoms with Crippen LogP contribution in [0.5, 0.6) is 11.6 Å². The third kappa shape index (κ3) is 8.35. The Hall–Kier alpha value is -4.11. The number of sulfonamides is 1. The van der Waals surface area contributed by atoms with Gasteiger partial charge < -0.3 is 29.7 Å². The van der Waals surface area contributed by atoms with E-state index in [0.717, 1.165) is 0 Å². The molecule has 0 bridgehead atoms. The van der Waals surface area contributed by atoms with Gasteiger partial charge in [-0.2, -0.15) is 0 Å². The predicted octanol–water partition coefficient (Wildman–Crippen LogP) is 3.85. The maximum Gasteiger partial charge on any atom is 0.408 e. The van der Waals surface area contributed by atoms with Crippen LogP contribution in [0.2, 0.25) is 5.02 Å². The average Bonchev–Trinajstić information content (AvgIpc) is 3.95. The normalized spacial score (nSPS) is 23.9. The van der Waals surface area contributed by atoms with Crippen LogP contribution in [0.1, 0.15) is 67.2 Å². The number of alkyl carbamates (subject to hydrolysis) is 1. The number of nitrogens with one attached hydrogen (secondary N) is 3. The van der Waals surface area contributed by atoms with Gasteiger partial charge in [0.1, 0.15) is 35.1 Å². The van der Waals surface area contributed by atoms with Crippen LogP contribution in [0.15, 0.2) is 37.1 Å². The van der Waals surface area contributed by atoms with Gasteiger partial charge in [0.2, 0.25) is 27.7 Å². The number of amides is 4. The van der Waals surface area contributed by atoms with Gasteiger partial charge >= 0.3 is 6.09 Å². The highest BCUT2D eigenvalue weighted by Crippen LogP contribution is 2.45. The first kappa shape index (κ1) is 38.1. The smallest absolute Gasteiger partial charge is 0.408 e. The summed E-state index contributed by atoms with van der Waals surface area (Å²) in [5, 5.41) is 6.45. The number of carbonyl (C=O) groups excluding carboxylic acids is 4. The molecule has 3 fully saturated rings. The molecule has 51 heavy (non-hydrogen) atoms. The van der Waals surface area contributed by atoms with Crippen molar-refractivity contribution >= 4 is 56.2 Å². The quantitative estimate of drug-likeness (QED) is 0.286. The van der Waals surface area contributed by atoms with E-state index in [-0.39, 0.29) is 25.3 Å². The first-order chi connectivity index (χ1) is 23.7. The number of pyridine rings is 1. The van der Waals surface area contributed by atoms with Crippen molar-refractivity contribution in [2.75, 3.05) is 13.7 Å². The Bertz CT molecular complexity index is 1850. The Labute approximate surface area is 303 Å². The zero-order valence-electron chi connectivity index (χ0n) is 29.9. The van der Waals surface area contributed by atoms with Crippen molar-refractivity contribution in [3.8, 4) is 11.6 Å². The standard InChI is InChI=1S/C35H46ClN5O9S/c1-9-19-16-35(19,31(44)40-51(46,47)22-11-12-22)39-28(42)25-15-21(49-29-24-14-20(36)10-13-23(24)26(48-8)17-37-29)18-41(25)30(43)27(33(2,3)4)38-32(45)50-34(5,6)7/h9-10,13-14,17,19,21-22,25,27H,1,11-12,15-16,18H2,2-8H3,(H,38,45)(H,39,42)(H,40,44)/t19-,21-,25+,27+,35-/m1/s1. The van der Waals surface area contributed by atoms with Crippen molar-refractivity contribution in [1.82, 2.24) is 25.2 Å². The highest BCUT2D eigenvalue weighted by atomic mass is 35.5. The number of likely N-dealkylation sites (tertiary alicyclic amines) is 1. The molecule has 5 rings (SSSR count). The lowest BCUT2D eigenvalue weighted by atomic mass is 9.85. The largest absolute Gasteiger partial charge is 0.494 e. The molecule has 3 aliphatic rings. The van der Waals surface area contributed by atoms with Gasteiger partial charge in [0, 0.05) is 28.1 Å². The number of nitrogens with zero attached hydrogens (tertiary/aromatic N) is 2. The van der Waals surface area contributed by atoms with Crippen LogP contribution in [-0.2, 0) is 29.1 Å². The monoisotopic (exact) mass is 747 g/mol. The minimum atomic E-state index is -3.91. The zero-order valence-corrected chi connectivity index (χ0v) is 31.4. The molecule has 1 saturated heterocycles. The van der Waals surface area contributed by atoms with Crippen molar-refractivity contribution in [2.24, 2.45) is 11.3 Å². The molecule has 2 aliphatic carbocycles. The van der Waals surface area contributed by atoms with Crippen LogP contribution >= 0.6 is 11.6 Å². The molecule has 5 atom stereocenters. The van der Waals surface area contributed by atoms with E-state index < -0.39 is 79.7 Å². The summed E-state index contributed by atoms with van der Waals surface area (Å²) in [5.74, 6) is -1.99. The lowest BCUT2D eigenvalue weighted by Gasteiger charge is -2.36. The minimum absolute atomic E-state index is 0.0204. The summed E-state index contributed by atoms with van der Waals surface area (Å²) in [6, 6.07) is 2.82.